The first-order valence-corrected chi connectivity index (χ1v) is 11.0. The molecule has 0 saturated heterocycles. The second-order valence-electron chi connectivity index (χ2n) is 8.23. The molecule has 32 heavy (non-hydrogen) atoms. The van der Waals surface area contributed by atoms with E-state index in [-0.39, 0.29) is 11.3 Å². The number of carbonyl (C=O) groups excluding carboxylic acids is 1. The van der Waals surface area contributed by atoms with Crippen molar-refractivity contribution >= 4 is 23.3 Å². The van der Waals surface area contributed by atoms with Crippen molar-refractivity contribution in [3.8, 4) is 22.8 Å². The van der Waals surface area contributed by atoms with Crippen LogP contribution in [0.2, 0.25) is 0 Å². The molecule has 4 aromatic rings. The molecule has 0 fully saturated rings. The minimum atomic E-state index is -0.168. The molecule has 0 radical (unpaired) electrons. The largest absolute Gasteiger partial charge is 0.348 e. The van der Waals surface area contributed by atoms with Crippen molar-refractivity contribution in [2.75, 3.05) is 0 Å². The monoisotopic (exact) mass is 445 g/mol. The minimum absolute atomic E-state index is 0.00146. The highest BCUT2D eigenvalue weighted by Crippen LogP contribution is 2.27. The van der Waals surface area contributed by atoms with E-state index in [4.69, 9.17) is 4.52 Å². The summed E-state index contributed by atoms with van der Waals surface area (Å²) in [5, 5.41) is 7.98. The summed E-state index contributed by atoms with van der Waals surface area (Å²) in [6.07, 6.45) is 8.48. The number of nitrogens with one attached hydrogen (secondary N) is 1. The predicted octanol–water partition coefficient (Wildman–Crippen LogP) is 4.88. The van der Waals surface area contributed by atoms with Gasteiger partial charge in [-0.1, -0.05) is 38.1 Å². The highest BCUT2D eigenvalue weighted by atomic mass is 32.1. The van der Waals surface area contributed by atoms with Gasteiger partial charge < -0.3 is 9.84 Å². The van der Waals surface area contributed by atoms with Gasteiger partial charge in [-0.15, -0.1) is 11.3 Å². The van der Waals surface area contributed by atoms with E-state index in [2.05, 4.69) is 46.2 Å². The van der Waals surface area contributed by atoms with Crippen molar-refractivity contribution < 1.29 is 9.32 Å². The Morgan fingerprint density at radius 3 is 2.72 bits per heavy atom. The van der Waals surface area contributed by atoms with Crippen molar-refractivity contribution in [3.05, 3.63) is 76.5 Å². The lowest BCUT2D eigenvalue weighted by Crippen LogP contribution is -2.20. The Bertz CT molecular complexity index is 1240. The molecule has 4 rings (SSSR count). The van der Waals surface area contributed by atoms with E-state index in [0.717, 1.165) is 26.6 Å². The number of aromatic nitrogens is 4. The molecular weight excluding hydrogens is 422 g/mol. The Hall–Kier alpha value is -3.65. The zero-order chi connectivity index (χ0) is 22.6. The summed E-state index contributed by atoms with van der Waals surface area (Å²) >= 11 is 1.59. The zero-order valence-electron chi connectivity index (χ0n) is 18.1. The van der Waals surface area contributed by atoms with E-state index in [1.54, 1.807) is 36.0 Å². The first-order chi connectivity index (χ1) is 15.4. The van der Waals surface area contributed by atoms with Gasteiger partial charge >= 0.3 is 0 Å². The summed E-state index contributed by atoms with van der Waals surface area (Å²) in [4.78, 5) is 26.1. The average molecular weight is 446 g/mol. The molecule has 3 aromatic heterocycles. The fourth-order valence-electron chi connectivity index (χ4n) is 2.89. The fraction of sp³-hybridized carbons (Fsp3) is 0.208. The zero-order valence-corrected chi connectivity index (χ0v) is 18.9. The summed E-state index contributed by atoms with van der Waals surface area (Å²) in [5.41, 5.74) is 2.56. The SMILES string of the molecule is CC(C)(C)c1ncc(C=CC(=O)NCc2cccc(-c3nc(-c4ccncc4)no3)c2)s1. The molecule has 1 N–H and O–H groups in total. The molecule has 0 saturated carbocycles. The third-order valence-electron chi connectivity index (χ3n) is 4.57. The number of nitrogens with zero attached hydrogens (tertiary/aromatic N) is 4. The maximum Gasteiger partial charge on any atom is 0.258 e. The molecule has 3 heterocycles. The number of rotatable bonds is 6. The lowest BCUT2D eigenvalue weighted by Gasteiger charge is -2.13. The van der Waals surface area contributed by atoms with Crippen molar-refractivity contribution in [1.82, 2.24) is 25.4 Å². The van der Waals surface area contributed by atoms with E-state index in [9.17, 15) is 4.79 Å². The number of thiazole rings is 1. The van der Waals surface area contributed by atoms with Gasteiger partial charge in [0.1, 0.15) is 0 Å². The van der Waals surface area contributed by atoms with Gasteiger partial charge in [0.15, 0.2) is 0 Å². The third-order valence-corrected chi connectivity index (χ3v) is 5.96. The highest BCUT2D eigenvalue weighted by Gasteiger charge is 2.17. The van der Waals surface area contributed by atoms with E-state index in [1.165, 1.54) is 6.08 Å². The lowest BCUT2D eigenvalue weighted by molar-refractivity contribution is -0.116. The predicted molar refractivity (Wildman–Crippen MR) is 125 cm³/mol. The molecule has 162 valence electrons. The maximum absolute atomic E-state index is 12.2. The average Bonchev–Trinajstić information content (AvgIpc) is 3.47. The molecule has 0 aliphatic rings. The normalized spacial score (nSPS) is 11.7. The molecule has 8 heteroatoms. The molecule has 0 bridgehead atoms. The number of amides is 1. The van der Waals surface area contributed by atoms with Crippen LogP contribution in [0.3, 0.4) is 0 Å². The number of hydrogen-bond donors (Lipinski definition) is 1. The topological polar surface area (TPSA) is 93.8 Å². The summed E-state index contributed by atoms with van der Waals surface area (Å²) < 4.78 is 5.41. The van der Waals surface area contributed by atoms with Gasteiger partial charge in [-0.05, 0) is 35.9 Å². The number of hydrogen-bond acceptors (Lipinski definition) is 7. The molecule has 0 aliphatic heterocycles. The Labute approximate surface area is 190 Å². The molecule has 0 spiro atoms. The quantitative estimate of drug-likeness (QED) is 0.425. The maximum atomic E-state index is 12.2. The highest BCUT2D eigenvalue weighted by molar-refractivity contribution is 7.12. The number of benzene rings is 1. The second kappa shape index (κ2) is 9.23. The van der Waals surface area contributed by atoms with Crippen molar-refractivity contribution in [2.24, 2.45) is 0 Å². The molecule has 0 aliphatic carbocycles. The van der Waals surface area contributed by atoms with Gasteiger partial charge in [0, 0.05) is 52.6 Å². The third kappa shape index (κ3) is 5.33. The van der Waals surface area contributed by atoms with E-state index < -0.39 is 0 Å². The van der Waals surface area contributed by atoms with Gasteiger partial charge in [-0.2, -0.15) is 4.98 Å². The Morgan fingerprint density at radius 1 is 1.16 bits per heavy atom. The van der Waals surface area contributed by atoms with E-state index in [0.29, 0.717) is 18.3 Å². The summed E-state index contributed by atoms with van der Waals surface area (Å²) in [5.74, 6) is 0.757. The van der Waals surface area contributed by atoms with Crippen LogP contribution < -0.4 is 5.32 Å². The fourth-order valence-corrected chi connectivity index (χ4v) is 3.77. The molecule has 1 amide bonds. The van der Waals surface area contributed by atoms with Crippen LogP contribution in [0.1, 0.15) is 36.2 Å². The smallest absolute Gasteiger partial charge is 0.258 e. The van der Waals surface area contributed by atoms with Crippen LogP contribution >= 0.6 is 11.3 Å². The lowest BCUT2D eigenvalue weighted by atomic mass is 9.98. The molecule has 0 atom stereocenters. The van der Waals surface area contributed by atoms with Gasteiger partial charge in [-0.25, -0.2) is 4.98 Å². The van der Waals surface area contributed by atoms with Crippen molar-refractivity contribution in [3.63, 3.8) is 0 Å². The van der Waals surface area contributed by atoms with Crippen LogP contribution in [0.4, 0.5) is 0 Å². The molecule has 1 aromatic carbocycles. The van der Waals surface area contributed by atoms with Crippen LogP contribution in [0, 0.1) is 0 Å². The van der Waals surface area contributed by atoms with Crippen LogP contribution in [0.5, 0.6) is 0 Å². The number of pyridine rings is 1. The van der Waals surface area contributed by atoms with E-state index in [1.807, 2.05) is 36.4 Å². The molecule has 0 unspecified atom stereocenters. The van der Waals surface area contributed by atoms with Gasteiger partial charge in [0.05, 0.1) is 5.01 Å². The number of carbonyl (C=O) groups is 1. The Morgan fingerprint density at radius 2 is 1.97 bits per heavy atom. The Balaban J connectivity index is 1.38. The Kier molecular flexibility index (Phi) is 6.23. The van der Waals surface area contributed by atoms with Gasteiger partial charge in [0.25, 0.3) is 5.89 Å². The first kappa shape index (κ1) is 21.6. The van der Waals surface area contributed by atoms with Crippen LogP contribution in [-0.2, 0) is 16.8 Å². The second-order valence-corrected chi connectivity index (χ2v) is 9.29. The van der Waals surface area contributed by atoms with E-state index >= 15 is 0 Å². The summed E-state index contributed by atoms with van der Waals surface area (Å²) in [6, 6.07) is 11.3. The van der Waals surface area contributed by atoms with Crippen molar-refractivity contribution in [2.45, 2.75) is 32.7 Å². The summed E-state index contributed by atoms with van der Waals surface area (Å²) in [7, 11) is 0. The molecule has 7 nitrogen and oxygen atoms in total. The van der Waals surface area contributed by atoms with Crippen LogP contribution in [0.25, 0.3) is 28.9 Å². The van der Waals surface area contributed by atoms with Crippen LogP contribution in [-0.4, -0.2) is 26.0 Å². The summed E-state index contributed by atoms with van der Waals surface area (Å²) in [6.45, 7) is 6.75. The standard InChI is InChI=1S/C24H23N5O2S/c1-24(2,3)23-27-15-19(32-23)7-8-20(30)26-14-16-5-4-6-18(13-16)22-28-21(29-31-22)17-9-11-25-12-10-17/h4-13,15H,14H2,1-3H3,(H,26,30). The first-order valence-electron chi connectivity index (χ1n) is 10.1. The van der Waals surface area contributed by atoms with Gasteiger partial charge in [0.2, 0.25) is 11.7 Å². The molecular formula is C24H23N5O2S. The van der Waals surface area contributed by atoms with Crippen LogP contribution in [0.15, 0.2) is 65.6 Å². The minimum Gasteiger partial charge on any atom is -0.348 e. The van der Waals surface area contributed by atoms with Gasteiger partial charge in [-0.3, -0.25) is 9.78 Å². The van der Waals surface area contributed by atoms with Crippen molar-refractivity contribution in [1.29, 1.82) is 0 Å².